The molecule has 2 atom stereocenters. The third kappa shape index (κ3) is 6.22. The molecule has 0 aliphatic carbocycles. The highest BCUT2D eigenvalue weighted by molar-refractivity contribution is 5.94. The molecular formula is C12H25ClN4O2. The van der Waals surface area contributed by atoms with Crippen molar-refractivity contribution in [2.45, 2.75) is 32.2 Å². The van der Waals surface area contributed by atoms with E-state index in [9.17, 15) is 9.59 Å². The lowest BCUT2D eigenvalue weighted by atomic mass is 9.92. The van der Waals surface area contributed by atoms with Crippen LogP contribution in [-0.2, 0) is 4.79 Å². The molecule has 7 heteroatoms. The van der Waals surface area contributed by atoms with E-state index in [0.29, 0.717) is 31.5 Å². The molecule has 6 nitrogen and oxygen atoms in total. The van der Waals surface area contributed by atoms with E-state index in [1.165, 1.54) is 7.05 Å². The Bertz CT molecular complexity index is 301. The third-order valence-electron chi connectivity index (χ3n) is 3.48. The lowest BCUT2D eigenvalue weighted by molar-refractivity contribution is -0.120. The zero-order valence-corrected chi connectivity index (χ0v) is 12.5. The number of amides is 3. The molecule has 0 aromatic heterocycles. The van der Waals surface area contributed by atoms with Gasteiger partial charge >= 0.3 is 6.03 Å². The number of halogens is 1. The lowest BCUT2D eigenvalue weighted by Crippen LogP contribution is -2.47. The van der Waals surface area contributed by atoms with Crippen LogP contribution in [0.4, 0.5) is 4.79 Å². The number of carbonyl (C=O) groups excluding carboxylic acids is 2. The summed E-state index contributed by atoms with van der Waals surface area (Å²) in [7, 11) is 1.49. The molecular weight excluding hydrogens is 268 g/mol. The maximum absolute atomic E-state index is 11.5. The first-order valence-corrected chi connectivity index (χ1v) is 6.52. The molecule has 0 radical (unpaired) electrons. The summed E-state index contributed by atoms with van der Waals surface area (Å²) in [5, 5.41) is 4.62. The van der Waals surface area contributed by atoms with E-state index in [0.717, 1.165) is 19.4 Å². The number of likely N-dealkylation sites (tertiary alicyclic amines) is 1. The molecule has 0 saturated carbocycles. The van der Waals surface area contributed by atoms with Crippen LogP contribution in [0.2, 0.25) is 0 Å². The van der Waals surface area contributed by atoms with Gasteiger partial charge in [0.25, 0.3) is 0 Å². The van der Waals surface area contributed by atoms with Gasteiger partial charge in [0.15, 0.2) is 0 Å². The minimum Gasteiger partial charge on any atom is -0.341 e. The number of nitrogens with two attached hydrogens (primary N) is 1. The van der Waals surface area contributed by atoms with Gasteiger partial charge < -0.3 is 11.1 Å². The van der Waals surface area contributed by atoms with Crippen molar-refractivity contribution in [3.8, 4) is 0 Å². The largest absolute Gasteiger partial charge is 0.341 e. The molecule has 2 unspecified atom stereocenters. The van der Waals surface area contributed by atoms with Crippen molar-refractivity contribution in [1.82, 2.24) is 15.5 Å². The van der Waals surface area contributed by atoms with Crippen molar-refractivity contribution < 1.29 is 9.59 Å². The fourth-order valence-corrected chi connectivity index (χ4v) is 2.34. The van der Waals surface area contributed by atoms with Crippen molar-refractivity contribution in [3.63, 3.8) is 0 Å². The predicted molar refractivity (Wildman–Crippen MR) is 77.3 cm³/mol. The van der Waals surface area contributed by atoms with Gasteiger partial charge in [-0.15, -0.1) is 12.4 Å². The van der Waals surface area contributed by atoms with E-state index in [2.05, 4.69) is 22.5 Å². The maximum atomic E-state index is 11.5. The van der Waals surface area contributed by atoms with Crippen molar-refractivity contribution in [1.29, 1.82) is 0 Å². The first-order chi connectivity index (χ1) is 8.56. The molecule has 0 bridgehead atoms. The average Bonchev–Trinajstić information content (AvgIpc) is 2.36. The van der Waals surface area contributed by atoms with Crippen LogP contribution in [0.1, 0.15) is 26.2 Å². The average molecular weight is 293 g/mol. The number of hydrogen-bond acceptors (Lipinski definition) is 4. The van der Waals surface area contributed by atoms with Gasteiger partial charge in [-0.1, -0.05) is 6.92 Å². The predicted octanol–water partition coefficient (Wildman–Crippen LogP) is 0.313. The Labute approximate surface area is 120 Å². The monoisotopic (exact) mass is 292 g/mol. The highest BCUT2D eigenvalue weighted by Crippen LogP contribution is 2.21. The molecule has 0 aromatic rings. The highest BCUT2D eigenvalue weighted by Gasteiger charge is 2.25. The summed E-state index contributed by atoms with van der Waals surface area (Å²) in [5.74, 6) is 0.457. The van der Waals surface area contributed by atoms with Crippen LogP contribution in [0.25, 0.3) is 0 Å². The Balaban J connectivity index is 0.00000324. The molecule has 1 rings (SSSR count). The summed E-state index contributed by atoms with van der Waals surface area (Å²) < 4.78 is 0. The highest BCUT2D eigenvalue weighted by atomic mass is 35.5. The fourth-order valence-electron chi connectivity index (χ4n) is 2.34. The van der Waals surface area contributed by atoms with Gasteiger partial charge in [0, 0.05) is 32.6 Å². The standard InChI is InChI=1S/C12H24N4O2.ClH/c1-9-3-5-16(10(7-9)8-13)6-4-11(17)15-12(18)14-2;/h9-10H,3-8,13H2,1-2H3,(H2,14,15,17,18);1H. The van der Waals surface area contributed by atoms with E-state index >= 15 is 0 Å². The van der Waals surface area contributed by atoms with Crippen LogP contribution in [0, 0.1) is 5.92 Å². The molecule has 3 amide bonds. The summed E-state index contributed by atoms with van der Waals surface area (Å²) in [6.07, 6.45) is 2.57. The van der Waals surface area contributed by atoms with Gasteiger partial charge in [-0.3, -0.25) is 15.0 Å². The summed E-state index contributed by atoms with van der Waals surface area (Å²) in [6.45, 7) is 4.51. The normalized spacial score (nSPS) is 23.3. The van der Waals surface area contributed by atoms with E-state index in [4.69, 9.17) is 5.73 Å². The first kappa shape index (κ1) is 18.1. The number of piperidine rings is 1. The number of rotatable bonds is 4. The van der Waals surface area contributed by atoms with Crippen molar-refractivity contribution in [3.05, 3.63) is 0 Å². The quantitative estimate of drug-likeness (QED) is 0.696. The van der Waals surface area contributed by atoms with Crippen LogP contribution in [0.3, 0.4) is 0 Å². The van der Waals surface area contributed by atoms with Gasteiger partial charge in [-0.2, -0.15) is 0 Å². The Morgan fingerprint density at radius 1 is 1.42 bits per heavy atom. The van der Waals surface area contributed by atoms with E-state index in [1.54, 1.807) is 0 Å². The SMILES string of the molecule is CNC(=O)NC(=O)CCN1CCC(C)CC1CN.Cl. The summed E-state index contributed by atoms with van der Waals surface area (Å²) in [5.41, 5.74) is 5.76. The van der Waals surface area contributed by atoms with E-state index in [-0.39, 0.29) is 18.3 Å². The number of nitrogens with one attached hydrogen (secondary N) is 2. The molecule has 0 aromatic carbocycles. The van der Waals surface area contributed by atoms with Gasteiger partial charge in [-0.05, 0) is 25.3 Å². The Hall–Kier alpha value is -0.850. The number of nitrogens with zero attached hydrogens (tertiary/aromatic N) is 1. The van der Waals surface area contributed by atoms with Gasteiger partial charge in [0.1, 0.15) is 0 Å². The Morgan fingerprint density at radius 3 is 2.68 bits per heavy atom. The molecule has 1 aliphatic rings. The number of urea groups is 1. The van der Waals surface area contributed by atoms with E-state index in [1.807, 2.05) is 0 Å². The number of imide groups is 1. The van der Waals surface area contributed by atoms with Crippen LogP contribution < -0.4 is 16.4 Å². The molecule has 1 heterocycles. The smallest absolute Gasteiger partial charge is 0.321 e. The summed E-state index contributed by atoms with van der Waals surface area (Å²) in [4.78, 5) is 24.7. The van der Waals surface area contributed by atoms with Gasteiger partial charge in [-0.25, -0.2) is 4.79 Å². The van der Waals surface area contributed by atoms with Crippen LogP contribution in [-0.4, -0.2) is 49.6 Å². The molecule has 112 valence electrons. The fraction of sp³-hybridized carbons (Fsp3) is 0.833. The van der Waals surface area contributed by atoms with Crippen LogP contribution >= 0.6 is 12.4 Å². The minimum absolute atomic E-state index is 0. The van der Waals surface area contributed by atoms with Crippen LogP contribution in [0.15, 0.2) is 0 Å². The minimum atomic E-state index is -0.456. The Kier molecular flexibility index (Phi) is 8.71. The first-order valence-electron chi connectivity index (χ1n) is 6.52. The number of hydrogen-bond donors (Lipinski definition) is 3. The summed E-state index contributed by atoms with van der Waals surface area (Å²) >= 11 is 0. The topological polar surface area (TPSA) is 87.5 Å². The van der Waals surface area contributed by atoms with Crippen LogP contribution in [0.5, 0.6) is 0 Å². The molecule has 4 N–H and O–H groups in total. The second kappa shape index (κ2) is 9.12. The molecule has 1 fully saturated rings. The summed E-state index contributed by atoms with van der Waals surface area (Å²) in [6, 6.07) is -0.0933. The van der Waals surface area contributed by atoms with E-state index < -0.39 is 6.03 Å². The second-order valence-electron chi connectivity index (χ2n) is 4.93. The van der Waals surface area contributed by atoms with Crippen molar-refractivity contribution in [2.24, 2.45) is 11.7 Å². The van der Waals surface area contributed by atoms with Gasteiger partial charge in [0.05, 0.1) is 0 Å². The molecule has 0 spiro atoms. The second-order valence-corrected chi connectivity index (χ2v) is 4.93. The van der Waals surface area contributed by atoms with Crippen molar-refractivity contribution >= 4 is 24.3 Å². The molecule has 19 heavy (non-hydrogen) atoms. The molecule has 1 saturated heterocycles. The maximum Gasteiger partial charge on any atom is 0.321 e. The third-order valence-corrected chi connectivity index (χ3v) is 3.48. The molecule has 1 aliphatic heterocycles. The van der Waals surface area contributed by atoms with Gasteiger partial charge in [0.2, 0.25) is 5.91 Å². The Morgan fingerprint density at radius 2 is 2.11 bits per heavy atom. The van der Waals surface area contributed by atoms with Crippen molar-refractivity contribution in [2.75, 3.05) is 26.7 Å². The lowest BCUT2D eigenvalue weighted by Gasteiger charge is -2.37. The zero-order valence-electron chi connectivity index (χ0n) is 11.6. The zero-order chi connectivity index (χ0) is 13.5. The number of carbonyl (C=O) groups is 2.